The van der Waals surface area contributed by atoms with E-state index in [0.717, 1.165) is 62.4 Å². The van der Waals surface area contributed by atoms with Crippen molar-refractivity contribution < 1.29 is 4.42 Å². The Morgan fingerprint density at radius 1 is 0.432 bits per heavy atom. The maximum Gasteiger partial charge on any atom is 0.142 e. The van der Waals surface area contributed by atoms with E-state index in [1.54, 1.807) is 0 Å². The predicted molar refractivity (Wildman–Crippen MR) is 306 cm³/mol. The quantitative estimate of drug-likeness (QED) is 0.166. The summed E-state index contributed by atoms with van der Waals surface area (Å²) in [6, 6.07) is 92.2. The summed E-state index contributed by atoms with van der Waals surface area (Å²) < 4.78 is 9.52. The number of allylic oxidation sites excluding steroid dienone is 1. The molecule has 3 aliphatic carbocycles. The molecule has 3 nitrogen and oxygen atoms in total. The Hall–Kier alpha value is -9.44. The number of hydrogen-bond acceptors (Lipinski definition) is 2. The van der Waals surface area contributed by atoms with Crippen molar-refractivity contribution in [2.24, 2.45) is 0 Å². The van der Waals surface area contributed by atoms with Crippen molar-refractivity contribution in [3.8, 4) is 39.1 Å². The van der Waals surface area contributed by atoms with Crippen LogP contribution in [0.2, 0.25) is 0 Å². The summed E-state index contributed by atoms with van der Waals surface area (Å²) in [5.41, 5.74) is 22.5. The smallest absolute Gasteiger partial charge is 0.142 e. The summed E-state index contributed by atoms with van der Waals surface area (Å²) in [5, 5.41) is 6.01. The molecule has 0 aliphatic heterocycles. The molecule has 13 aromatic rings. The van der Waals surface area contributed by atoms with Crippen LogP contribution in [0.5, 0.6) is 0 Å². The molecule has 1 atom stereocenters. The number of furan rings is 1. The topological polar surface area (TPSA) is 21.3 Å². The van der Waals surface area contributed by atoms with Gasteiger partial charge in [-0.1, -0.05) is 200 Å². The number of nitrogens with zero attached hydrogens (tertiary/aromatic N) is 2. The first kappa shape index (κ1) is 41.2. The van der Waals surface area contributed by atoms with E-state index in [9.17, 15) is 0 Å². The summed E-state index contributed by atoms with van der Waals surface area (Å²) >= 11 is 0. The summed E-state index contributed by atoms with van der Waals surface area (Å²) in [6.07, 6.45) is 5.44. The van der Waals surface area contributed by atoms with E-state index in [4.69, 9.17) is 4.42 Å². The third-order valence-electron chi connectivity index (χ3n) is 16.6. The molecular weight excluding hydrogens is 897 g/mol. The van der Waals surface area contributed by atoms with Gasteiger partial charge in [0.05, 0.1) is 22.1 Å². The molecule has 0 bridgehead atoms. The number of hydrogen-bond donors (Lipinski definition) is 0. The number of benzene rings is 11. The molecule has 0 N–H and O–H groups in total. The van der Waals surface area contributed by atoms with Crippen molar-refractivity contribution in [2.45, 2.75) is 17.8 Å². The second kappa shape index (κ2) is 15.8. The fourth-order valence-electron chi connectivity index (χ4n) is 13.5. The lowest BCUT2D eigenvalue weighted by Crippen LogP contribution is -2.26. The van der Waals surface area contributed by atoms with Crippen molar-refractivity contribution in [3.63, 3.8) is 0 Å². The van der Waals surface area contributed by atoms with Gasteiger partial charge < -0.3 is 13.9 Å². The van der Waals surface area contributed by atoms with Crippen LogP contribution >= 0.6 is 0 Å². The minimum Gasteiger partial charge on any atom is -0.459 e. The van der Waals surface area contributed by atoms with Gasteiger partial charge in [-0.2, -0.15) is 0 Å². The Kier molecular flexibility index (Phi) is 8.79. The molecule has 0 fully saturated rings. The van der Waals surface area contributed by atoms with Crippen molar-refractivity contribution in [1.29, 1.82) is 0 Å². The van der Waals surface area contributed by atoms with Crippen molar-refractivity contribution >= 4 is 66.7 Å². The molecule has 0 saturated heterocycles. The highest BCUT2D eigenvalue weighted by Gasteiger charge is 2.51. The molecule has 11 aromatic carbocycles. The van der Waals surface area contributed by atoms with Crippen LogP contribution in [-0.2, 0) is 5.41 Å². The Morgan fingerprint density at radius 2 is 1.03 bits per heavy atom. The van der Waals surface area contributed by atoms with Crippen LogP contribution in [0.15, 0.2) is 259 Å². The molecule has 1 spiro atoms. The minimum atomic E-state index is -0.480. The Labute approximate surface area is 429 Å². The second-order valence-corrected chi connectivity index (χ2v) is 20.2. The van der Waals surface area contributed by atoms with Gasteiger partial charge in [0.1, 0.15) is 11.3 Å². The summed E-state index contributed by atoms with van der Waals surface area (Å²) in [5.74, 6) is 1.01. The minimum absolute atomic E-state index is 0.0127. The molecule has 1 unspecified atom stereocenters. The van der Waals surface area contributed by atoms with Gasteiger partial charge in [0.15, 0.2) is 0 Å². The van der Waals surface area contributed by atoms with Crippen molar-refractivity contribution in [1.82, 2.24) is 4.57 Å². The average Bonchev–Trinajstić information content (AvgIpc) is 4.22. The maximum absolute atomic E-state index is 7.12. The van der Waals surface area contributed by atoms with Crippen LogP contribution in [0.4, 0.5) is 17.1 Å². The van der Waals surface area contributed by atoms with Gasteiger partial charge in [-0.05, 0) is 134 Å². The van der Waals surface area contributed by atoms with E-state index >= 15 is 0 Å². The lowest BCUT2D eigenvalue weighted by Gasteiger charge is -2.33. The van der Waals surface area contributed by atoms with E-state index in [1.807, 2.05) is 0 Å². The number of anilines is 3. The normalized spacial score (nSPS) is 14.6. The largest absolute Gasteiger partial charge is 0.459 e. The van der Waals surface area contributed by atoms with Crippen LogP contribution in [0.3, 0.4) is 0 Å². The van der Waals surface area contributed by atoms with Gasteiger partial charge in [-0.3, -0.25) is 0 Å². The molecule has 346 valence electrons. The SMILES string of the molecule is C1=Cc2c(oc3c2ccc2ccccc23)C(c2ccccc2N(c2ccc(-c3cccc(-n4c5ccccc5c5ccccc54)c3)cc2)c2ccc3c(c2)C2(c4ccccc4-c4ccccc42)c2ccccc2-3)C1. The number of aromatic nitrogens is 1. The molecule has 0 amide bonds. The molecular formula is C71H46N2O. The van der Waals surface area contributed by atoms with Crippen molar-refractivity contribution in [3.05, 3.63) is 294 Å². The molecule has 74 heavy (non-hydrogen) atoms. The molecule has 3 heteroatoms. The zero-order valence-corrected chi connectivity index (χ0v) is 40.4. The molecule has 2 heterocycles. The zero-order valence-electron chi connectivity index (χ0n) is 40.4. The first-order valence-corrected chi connectivity index (χ1v) is 25.8. The van der Waals surface area contributed by atoms with Crippen LogP contribution < -0.4 is 4.90 Å². The van der Waals surface area contributed by atoms with Gasteiger partial charge in [-0.25, -0.2) is 0 Å². The molecule has 16 rings (SSSR count). The lowest BCUT2D eigenvalue weighted by molar-refractivity contribution is 0.519. The van der Waals surface area contributed by atoms with E-state index in [2.05, 4.69) is 270 Å². The first-order valence-electron chi connectivity index (χ1n) is 25.8. The fraction of sp³-hybridized carbons (Fsp3) is 0.0423. The zero-order chi connectivity index (χ0) is 48.5. The number of rotatable bonds is 6. The third kappa shape index (κ3) is 5.72. The monoisotopic (exact) mass is 942 g/mol. The molecule has 3 aliphatic rings. The van der Waals surface area contributed by atoms with Crippen LogP contribution in [0.25, 0.3) is 88.7 Å². The highest BCUT2D eigenvalue weighted by Crippen LogP contribution is 2.63. The Balaban J connectivity index is 0.888. The van der Waals surface area contributed by atoms with Crippen LogP contribution in [0, 0.1) is 0 Å². The highest BCUT2D eigenvalue weighted by atomic mass is 16.3. The number of fused-ring (bicyclic) bond motifs is 18. The predicted octanol–water partition coefficient (Wildman–Crippen LogP) is 18.7. The molecule has 0 saturated carbocycles. The Bertz CT molecular complexity index is 4370. The molecule has 2 aromatic heterocycles. The van der Waals surface area contributed by atoms with Gasteiger partial charge in [0, 0.05) is 50.1 Å². The van der Waals surface area contributed by atoms with Crippen LogP contribution in [0.1, 0.15) is 51.5 Å². The highest BCUT2D eigenvalue weighted by molar-refractivity contribution is 6.10. The fourth-order valence-corrected chi connectivity index (χ4v) is 13.5. The maximum atomic E-state index is 7.12. The standard InChI is InChI=1S/C71H46N2O/c1-2-20-51-46(17-1)37-41-61-60-28-16-27-59(70(60)74-69(51)61)58-26-8-12-32-66(58)72(48-38-35-45(36-39-48)47-18-15-19-49(43-47)73-67-33-13-6-24-56(67)57-25-7-14-34-68(57)73)50-40-42-55-54-23-5-11-31-64(54)71(65(55)44-50)62-29-9-3-21-52(62)53-22-4-10-30-63(53)71/h1-26,28-44,59H,27H2. The van der Waals surface area contributed by atoms with Gasteiger partial charge in [-0.15, -0.1) is 0 Å². The van der Waals surface area contributed by atoms with E-state index in [1.165, 1.54) is 82.8 Å². The van der Waals surface area contributed by atoms with E-state index < -0.39 is 5.41 Å². The third-order valence-corrected chi connectivity index (χ3v) is 16.6. The van der Waals surface area contributed by atoms with E-state index in [0.29, 0.717) is 0 Å². The summed E-state index contributed by atoms with van der Waals surface area (Å²) in [4.78, 5) is 2.51. The first-order chi connectivity index (χ1) is 36.7. The Morgan fingerprint density at radius 3 is 1.74 bits per heavy atom. The van der Waals surface area contributed by atoms with Gasteiger partial charge >= 0.3 is 0 Å². The lowest BCUT2D eigenvalue weighted by atomic mass is 9.70. The summed E-state index contributed by atoms with van der Waals surface area (Å²) in [6.45, 7) is 0. The van der Waals surface area contributed by atoms with Crippen molar-refractivity contribution in [2.75, 3.05) is 4.90 Å². The summed E-state index contributed by atoms with van der Waals surface area (Å²) in [7, 11) is 0. The van der Waals surface area contributed by atoms with Crippen LogP contribution in [-0.4, -0.2) is 4.57 Å². The van der Waals surface area contributed by atoms with Gasteiger partial charge in [0.2, 0.25) is 0 Å². The van der Waals surface area contributed by atoms with Gasteiger partial charge in [0.25, 0.3) is 0 Å². The average molecular weight is 943 g/mol. The van der Waals surface area contributed by atoms with E-state index in [-0.39, 0.29) is 5.92 Å². The second-order valence-electron chi connectivity index (χ2n) is 20.2. The number of para-hydroxylation sites is 3. The molecule has 0 radical (unpaired) electrons.